The van der Waals surface area contributed by atoms with Gasteiger partial charge in [-0.3, -0.25) is 4.79 Å². The molecular formula is C23H25F3N4O2. The van der Waals surface area contributed by atoms with Crippen molar-refractivity contribution in [1.82, 2.24) is 9.80 Å². The van der Waals surface area contributed by atoms with Gasteiger partial charge in [0.2, 0.25) is 5.91 Å². The van der Waals surface area contributed by atoms with E-state index in [-0.39, 0.29) is 11.9 Å². The van der Waals surface area contributed by atoms with Crippen molar-refractivity contribution < 1.29 is 22.8 Å². The van der Waals surface area contributed by atoms with Crippen LogP contribution in [0.2, 0.25) is 0 Å². The van der Waals surface area contributed by atoms with Crippen molar-refractivity contribution in [3.05, 3.63) is 59.7 Å². The fourth-order valence-corrected chi connectivity index (χ4v) is 4.03. The van der Waals surface area contributed by atoms with Crippen LogP contribution in [0.1, 0.15) is 24.0 Å². The Morgan fingerprint density at radius 3 is 2.31 bits per heavy atom. The van der Waals surface area contributed by atoms with E-state index in [1.807, 2.05) is 34.1 Å². The van der Waals surface area contributed by atoms with E-state index in [9.17, 15) is 22.8 Å². The third kappa shape index (κ3) is 5.15. The summed E-state index contributed by atoms with van der Waals surface area (Å²) in [6.07, 6.45) is -2.87. The van der Waals surface area contributed by atoms with Crippen molar-refractivity contribution in [2.45, 2.75) is 25.6 Å². The van der Waals surface area contributed by atoms with Gasteiger partial charge in [0.1, 0.15) is 0 Å². The zero-order valence-electron chi connectivity index (χ0n) is 17.6. The summed E-state index contributed by atoms with van der Waals surface area (Å²) >= 11 is 0. The van der Waals surface area contributed by atoms with Crippen LogP contribution in [0.5, 0.6) is 0 Å². The highest BCUT2D eigenvalue weighted by Gasteiger charge is 2.31. The molecule has 2 aromatic rings. The van der Waals surface area contributed by atoms with Crippen LogP contribution in [-0.4, -0.2) is 54.5 Å². The number of alkyl halides is 3. The molecule has 9 heteroatoms. The molecule has 2 fully saturated rings. The Morgan fingerprint density at radius 1 is 0.969 bits per heavy atom. The lowest BCUT2D eigenvalue weighted by Gasteiger charge is -2.36. The number of rotatable bonds is 4. The van der Waals surface area contributed by atoms with Gasteiger partial charge in [-0.25, -0.2) is 4.79 Å². The number of nitrogens with zero attached hydrogens (tertiary/aromatic N) is 3. The Balaban J connectivity index is 1.29. The largest absolute Gasteiger partial charge is 0.416 e. The highest BCUT2D eigenvalue weighted by molar-refractivity contribution is 5.89. The molecule has 4 rings (SSSR count). The van der Waals surface area contributed by atoms with E-state index in [1.54, 1.807) is 11.0 Å². The summed E-state index contributed by atoms with van der Waals surface area (Å²) in [5.41, 5.74) is 1.50. The Bertz CT molecular complexity index is 970. The zero-order chi connectivity index (χ0) is 22.7. The van der Waals surface area contributed by atoms with Gasteiger partial charge in [0, 0.05) is 57.1 Å². The van der Waals surface area contributed by atoms with Crippen molar-refractivity contribution >= 4 is 23.3 Å². The van der Waals surface area contributed by atoms with Crippen LogP contribution >= 0.6 is 0 Å². The quantitative estimate of drug-likeness (QED) is 0.767. The topological polar surface area (TPSA) is 55.9 Å². The summed E-state index contributed by atoms with van der Waals surface area (Å²) in [5.74, 6) is 0.173. The first-order valence-electron chi connectivity index (χ1n) is 10.6. The zero-order valence-corrected chi connectivity index (χ0v) is 17.6. The number of carbonyl (C=O) groups excluding carboxylic acids is 2. The number of anilines is 2. The predicted molar refractivity (Wildman–Crippen MR) is 115 cm³/mol. The SMILES string of the molecule is O=C1CCCN1Cc1ccc(NC(=O)N2CCN(c3cccc(C(F)(F)F)c3)CC2)cc1. The third-order valence-corrected chi connectivity index (χ3v) is 5.86. The number of hydrogen-bond acceptors (Lipinski definition) is 3. The Hall–Kier alpha value is -3.23. The second-order valence-electron chi connectivity index (χ2n) is 8.07. The lowest BCUT2D eigenvalue weighted by Crippen LogP contribution is -2.50. The van der Waals surface area contributed by atoms with Crippen LogP contribution in [0.15, 0.2) is 48.5 Å². The van der Waals surface area contributed by atoms with Gasteiger partial charge >= 0.3 is 12.2 Å². The minimum absolute atomic E-state index is 0.173. The molecule has 0 unspecified atom stereocenters. The summed E-state index contributed by atoms with van der Waals surface area (Å²) in [7, 11) is 0. The summed E-state index contributed by atoms with van der Waals surface area (Å²) in [6.45, 7) is 3.10. The molecule has 0 aromatic heterocycles. The summed E-state index contributed by atoms with van der Waals surface area (Å²) in [4.78, 5) is 29.7. The molecule has 2 heterocycles. The highest BCUT2D eigenvalue weighted by Crippen LogP contribution is 2.32. The maximum Gasteiger partial charge on any atom is 0.416 e. The van der Waals surface area contributed by atoms with E-state index in [0.717, 1.165) is 30.7 Å². The second kappa shape index (κ2) is 9.10. The van der Waals surface area contributed by atoms with E-state index < -0.39 is 11.7 Å². The first kappa shape index (κ1) is 22.0. The first-order chi connectivity index (χ1) is 15.3. The van der Waals surface area contributed by atoms with Gasteiger partial charge in [-0.05, 0) is 42.3 Å². The molecule has 0 aliphatic carbocycles. The fraction of sp³-hybridized carbons (Fsp3) is 0.391. The van der Waals surface area contributed by atoms with Crippen LogP contribution in [0.3, 0.4) is 0 Å². The molecule has 2 aliphatic rings. The van der Waals surface area contributed by atoms with E-state index in [4.69, 9.17) is 0 Å². The lowest BCUT2D eigenvalue weighted by atomic mass is 10.1. The molecule has 6 nitrogen and oxygen atoms in total. The molecule has 0 atom stereocenters. The molecule has 1 N–H and O–H groups in total. The molecule has 0 bridgehead atoms. The number of benzene rings is 2. The Labute approximate surface area is 184 Å². The fourth-order valence-electron chi connectivity index (χ4n) is 4.03. The smallest absolute Gasteiger partial charge is 0.368 e. The van der Waals surface area contributed by atoms with Gasteiger partial charge in [-0.2, -0.15) is 13.2 Å². The molecule has 3 amide bonds. The maximum atomic E-state index is 13.0. The number of urea groups is 1. The molecule has 2 aromatic carbocycles. The van der Waals surface area contributed by atoms with E-state index in [2.05, 4.69) is 5.32 Å². The van der Waals surface area contributed by atoms with Gasteiger partial charge in [0.25, 0.3) is 0 Å². The molecule has 0 radical (unpaired) electrons. The van der Waals surface area contributed by atoms with E-state index in [1.165, 1.54) is 6.07 Å². The third-order valence-electron chi connectivity index (χ3n) is 5.86. The van der Waals surface area contributed by atoms with Crippen LogP contribution in [-0.2, 0) is 17.5 Å². The normalized spacial score (nSPS) is 17.1. The van der Waals surface area contributed by atoms with Crippen molar-refractivity contribution in [2.24, 2.45) is 0 Å². The van der Waals surface area contributed by atoms with E-state index >= 15 is 0 Å². The first-order valence-corrected chi connectivity index (χ1v) is 10.6. The van der Waals surface area contributed by atoms with Crippen molar-refractivity contribution in [3.63, 3.8) is 0 Å². The Morgan fingerprint density at radius 2 is 1.69 bits per heavy atom. The number of amides is 3. The number of nitrogens with one attached hydrogen (secondary N) is 1. The van der Waals surface area contributed by atoms with Gasteiger partial charge < -0.3 is 20.0 Å². The molecule has 2 aliphatic heterocycles. The summed E-state index contributed by atoms with van der Waals surface area (Å²) in [6, 6.07) is 12.4. The van der Waals surface area contributed by atoms with Crippen molar-refractivity contribution in [1.29, 1.82) is 0 Å². The Kier molecular flexibility index (Phi) is 6.25. The summed E-state index contributed by atoms with van der Waals surface area (Å²) in [5, 5.41) is 2.86. The van der Waals surface area contributed by atoms with Crippen LogP contribution < -0.4 is 10.2 Å². The predicted octanol–water partition coefficient (Wildman–Crippen LogP) is 4.18. The molecule has 0 saturated carbocycles. The minimum atomic E-state index is -4.38. The van der Waals surface area contributed by atoms with Gasteiger partial charge in [0.15, 0.2) is 0 Å². The number of hydrogen-bond donors (Lipinski definition) is 1. The highest BCUT2D eigenvalue weighted by atomic mass is 19.4. The summed E-state index contributed by atoms with van der Waals surface area (Å²) < 4.78 is 38.9. The monoisotopic (exact) mass is 446 g/mol. The molecule has 2 saturated heterocycles. The van der Waals surface area contributed by atoms with Crippen LogP contribution in [0, 0.1) is 0 Å². The molecule has 32 heavy (non-hydrogen) atoms. The van der Waals surface area contributed by atoms with Gasteiger partial charge in [-0.15, -0.1) is 0 Å². The number of piperazine rings is 1. The van der Waals surface area contributed by atoms with E-state index in [0.29, 0.717) is 50.5 Å². The average Bonchev–Trinajstić information content (AvgIpc) is 3.19. The number of likely N-dealkylation sites (tertiary alicyclic amines) is 1. The standard InChI is InChI=1S/C23H25F3N4O2/c24-23(25,26)18-3-1-4-20(15-18)28-11-13-29(14-12-28)22(32)27-19-8-6-17(7-9-19)16-30-10-2-5-21(30)31/h1,3-4,6-9,15H,2,5,10-14,16H2,(H,27,32). The second-order valence-corrected chi connectivity index (χ2v) is 8.07. The van der Waals surface area contributed by atoms with Crippen molar-refractivity contribution in [2.75, 3.05) is 42.9 Å². The van der Waals surface area contributed by atoms with Crippen molar-refractivity contribution in [3.8, 4) is 0 Å². The minimum Gasteiger partial charge on any atom is -0.368 e. The number of halogens is 3. The number of carbonyl (C=O) groups is 2. The van der Waals surface area contributed by atoms with Gasteiger partial charge in [0.05, 0.1) is 5.56 Å². The molecule has 170 valence electrons. The molecular weight excluding hydrogens is 421 g/mol. The maximum absolute atomic E-state index is 13.0. The molecule has 0 spiro atoms. The lowest BCUT2D eigenvalue weighted by molar-refractivity contribution is -0.137. The van der Waals surface area contributed by atoms with Gasteiger partial charge in [-0.1, -0.05) is 18.2 Å². The van der Waals surface area contributed by atoms with Crippen LogP contribution in [0.4, 0.5) is 29.3 Å². The van der Waals surface area contributed by atoms with Crippen LogP contribution in [0.25, 0.3) is 0 Å². The average molecular weight is 446 g/mol.